The number of benzene rings is 3. The fourth-order valence-electron chi connectivity index (χ4n) is 4.75. The van der Waals surface area contributed by atoms with E-state index in [2.05, 4.69) is 10.6 Å². The number of anilines is 4. The highest BCUT2D eigenvalue weighted by Crippen LogP contribution is 2.38. The number of hydrogen-bond acceptors (Lipinski definition) is 6. The molecule has 0 saturated carbocycles. The number of amides is 3. The van der Waals surface area contributed by atoms with Crippen molar-refractivity contribution in [1.82, 2.24) is 4.90 Å². The van der Waals surface area contributed by atoms with Crippen LogP contribution >= 0.6 is 0 Å². The van der Waals surface area contributed by atoms with E-state index < -0.39 is 11.9 Å². The number of nitrogens with zero attached hydrogens (tertiary/aromatic N) is 3. The molecule has 2 heterocycles. The standard InChI is InChI=1S/C30H30FN5O4/c1-19(37)35(15-14-34(2)3)23-11-7-22(8-12-23)32-28(27-25-13-6-21(31)18-26(25)33-29(27)38)20-4-9-24(10-5-20)36-16-17-40-30(36)39/h4-13,18,32H,14-17H2,1-3H3,(H,33,38). The predicted molar refractivity (Wildman–Crippen MR) is 154 cm³/mol. The van der Waals surface area contributed by atoms with E-state index in [9.17, 15) is 18.8 Å². The summed E-state index contributed by atoms with van der Waals surface area (Å²) in [5.74, 6) is -0.867. The summed E-state index contributed by atoms with van der Waals surface area (Å²) in [6, 6.07) is 18.8. The highest BCUT2D eigenvalue weighted by molar-refractivity contribution is 6.37. The monoisotopic (exact) mass is 543 g/mol. The van der Waals surface area contributed by atoms with Gasteiger partial charge in [0.2, 0.25) is 5.91 Å². The van der Waals surface area contributed by atoms with Crippen LogP contribution in [0.3, 0.4) is 0 Å². The van der Waals surface area contributed by atoms with Crippen LogP contribution in [0.4, 0.5) is 31.9 Å². The average molecular weight is 544 g/mol. The molecule has 1 fully saturated rings. The second-order valence-corrected chi connectivity index (χ2v) is 9.85. The maximum Gasteiger partial charge on any atom is 0.414 e. The molecule has 3 aromatic carbocycles. The Bertz CT molecular complexity index is 1480. The summed E-state index contributed by atoms with van der Waals surface area (Å²) in [5, 5.41) is 6.13. The van der Waals surface area contributed by atoms with Gasteiger partial charge in [0.15, 0.2) is 0 Å². The van der Waals surface area contributed by atoms with Gasteiger partial charge in [-0.1, -0.05) is 12.1 Å². The minimum absolute atomic E-state index is 0.0567. The van der Waals surface area contributed by atoms with Crippen molar-refractivity contribution >= 4 is 51.9 Å². The normalized spacial score (nSPS) is 15.6. The van der Waals surface area contributed by atoms with Crippen molar-refractivity contribution in [2.24, 2.45) is 0 Å². The number of likely N-dealkylation sites (N-methyl/N-ethyl adjacent to an activating group) is 1. The zero-order valence-corrected chi connectivity index (χ0v) is 22.5. The molecule has 0 atom stereocenters. The van der Waals surface area contributed by atoms with E-state index in [-0.39, 0.29) is 11.8 Å². The number of carbonyl (C=O) groups excluding carboxylic acids is 3. The van der Waals surface area contributed by atoms with Crippen molar-refractivity contribution in [2.75, 3.05) is 60.8 Å². The van der Waals surface area contributed by atoms with E-state index in [0.717, 1.165) is 12.2 Å². The van der Waals surface area contributed by atoms with E-state index in [1.54, 1.807) is 28.0 Å². The zero-order chi connectivity index (χ0) is 28.4. The van der Waals surface area contributed by atoms with Gasteiger partial charge in [-0.05, 0) is 74.3 Å². The highest BCUT2D eigenvalue weighted by Gasteiger charge is 2.29. The number of hydrogen-bond donors (Lipinski definition) is 2. The smallest absolute Gasteiger partial charge is 0.414 e. The molecule has 1 saturated heterocycles. The topological polar surface area (TPSA) is 94.2 Å². The van der Waals surface area contributed by atoms with E-state index in [1.165, 1.54) is 19.1 Å². The van der Waals surface area contributed by atoms with Gasteiger partial charge in [0.1, 0.15) is 12.4 Å². The van der Waals surface area contributed by atoms with Gasteiger partial charge in [-0.2, -0.15) is 0 Å². The molecule has 0 radical (unpaired) electrons. The van der Waals surface area contributed by atoms with Crippen molar-refractivity contribution in [3.05, 3.63) is 83.7 Å². The number of fused-ring (bicyclic) bond motifs is 1. The lowest BCUT2D eigenvalue weighted by atomic mass is 9.99. The van der Waals surface area contributed by atoms with Gasteiger partial charge in [0.05, 0.1) is 23.5 Å². The fraction of sp³-hybridized carbons (Fsp3) is 0.233. The quantitative estimate of drug-likeness (QED) is 0.403. The molecule has 2 N–H and O–H groups in total. The van der Waals surface area contributed by atoms with E-state index in [0.29, 0.717) is 59.2 Å². The van der Waals surface area contributed by atoms with Crippen molar-refractivity contribution < 1.29 is 23.5 Å². The van der Waals surface area contributed by atoms with Crippen LogP contribution in [0.1, 0.15) is 18.1 Å². The van der Waals surface area contributed by atoms with Gasteiger partial charge in [0, 0.05) is 42.6 Å². The third-order valence-corrected chi connectivity index (χ3v) is 6.80. The SMILES string of the molecule is CC(=O)N(CCN(C)C)c1ccc(NC(=C2C(=O)Nc3cc(F)ccc32)c2ccc(N3CCOC3=O)cc2)cc1. The molecule has 0 aromatic heterocycles. The van der Waals surface area contributed by atoms with Gasteiger partial charge < -0.3 is 25.2 Å². The van der Waals surface area contributed by atoms with Crippen molar-refractivity contribution in [3.8, 4) is 0 Å². The van der Waals surface area contributed by atoms with Gasteiger partial charge in [-0.25, -0.2) is 9.18 Å². The Morgan fingerprint density at radius 1 is 1.02 bits per heavy atom. The lowest BCUT2D eigenvalue weighted by Gasteiger charge is -2.23. The predicted octanol–water partition coefficient (Wildman–Crippen LogP) is 4.63. The molecular formula is C30H30FN5O4. The number of cyclic esters (lactones) is 1. The van der Waals surface area contributed by atoms with Gasteiger partial charge >= 0.3 is 6.09 Å². The Balaban J connectivity index is 1.51. The Kier molecular flexibility index (Phi) is 7.52. The molecule has 2 aliphatic heterocycles. The average Bonchev–Trinajstić information content (AvgIpc) is 3.49. The van der Waals surface area contributed by atoms with E-state index in [1.807, 2.05) is 55.4 Å². The van der Waals surface area contributed by atoms with Crippen LogP contribution in [0, 0.1) is 5.82 Å². The first-order valence-electron chi connectivity index (χ1n) is 12.9. The summed E-state index contributed by atoms with van der Waals surface area (Å²) < 4.78 is 19.0. The van der Waals surface area contributed by atoms with Crippen LogP contribution in [-0.2, 0) is 14.3 Å². The molecule has 40 heavy (non-hydrogen) atoms. The second kappa shape index (κ2) is 11.2. The molecule has 10 heteroatoms. The zero-order valence-electron chi connectivity index (χ0n) is 22.5. The van der Waals surface area contributed by atoms with Crippen LogP contribution < -0.4 is 20.4 Å². The molecule has 206 valence electrons. The number of carbonyl (C=O) groups is 3. The Morgan fingerprint density at radius 3 is 2.38 bits per heavy atom. The lowest BCUT2D eigenvalue weighted by molar-refractivity contribution is -0.116. The van der Waals surface area contributed by atoms with Gasteiger partial charge in [0.25, 0.3) is 5.91 Å². The van der Waals surface area contributed by atoms with Crippen molar-refractivity contribution in [1.29, 1.82) is 0 Å². The minimum Gasteiger partial charge on any atom is -0.447 e. The molecular weight excluding hydrogens is 513 g/mol. The molecule has 0 aliphatic carbocycles. The molecule has 5 rings (SSSR count). The maximum atomic E-state index is 13.9. The fourth-order valence-corrected chi connectivity index (χ4v) is 4.75. The summed E-state index contributed by atoms with van der Waals surface area (Å²) in [6.45, 7) is 3.60. The Hall–Kier alpha value is -4.70. The number of nitrogens with one attached hydrogen (secondary N) is 2. The third-order valence-electron chi connectivity index (χ3n) is 6.80. The summed E-state index contributed by atoms with van der Waals surface area (Å²) in [5.41, 5.74) is 4.67. The largest absolute Gasteiger partial charge is 0.447 e. The molecule has 3 amide bonds. The molecule has 9 nitrogen and oxygen atoms in total. The highest BCUT2D eigenvalue weighted by atomic mass is 19.1. The van der Waals surface area contributed by atoms with Crippen molar-refractivity contribution in [2.45, 2.75) is 6.92 Å². The van der Waals surface area contributed by atoms with Crippen LogP contribution in [0.5, 0.6) is 0 Å². The third kappa shape index (κ3) is 5.52. The summed E-state index contributed by atoms with van der Waals surface area (Å²) in [4.78, 5) is 42.7. The summed E-state index contributed by atoms with van der Waals surface area (Å²) in [6.07, 6.45) is -0.402. The minimum atomic E-state index is -0.448. The number of ether oxygens (including phenoxy) is 1. The summed E-state index contributed by atoms with van der Waals surface area (Å²) >= 11 is 0. The van der Waals surface area contributed by atoms with Crippen LogP contribution in [0.2, 0.25) is 0 Å². The van der Waals surface area contributed by atoms with Gasteiger partial charge in [-0.15, -0.1) is 0 Å². The Morgan fingerprint density at radius 2 is 1.75 bits per heavy atom. The first kappa shape index (κ1) is 26.9. The molecule has 0 bridgehead atoms. The van der Waals surface area contributed by atoms with Crippen LogP contribution in [-0.4, -0.2) is 63.1 Å². The Labute approximate surface area is 231 Å². The van der Waals surface area contributed by atoms with E-state index >= 15 is 0 Å². The number of rotatable bonds is 8. The van der Waals surface area contributed by atoms with Crippen LogP contribution in [0.25, 0.3) is 11.3 Å². The first-order chi connectivity index (χ1) is 19.2. The summed E-state index contributed by atoms with van der Waals surface area (Å²) in [7, 11) is 3.91. The number of halogens is 1. The van der Waals surface area contributed by atoms with Crippen molar-refractivity contribution in [3.63, 3.8) is 0 Å². The molecule has 0 unspecified atom stereocenters. The molecule has 2 aliphatic rings. The van der Waals surface area contributed by atoms with Crippen LogP contribution in [0.15, 0.2) is 66.7 Å². The molecule has 0 spiro atoms. The lowest BCUT2D eigenvalue weighted by Crippen LogP contribution is -2.35. The second-order valence-electron chi connectivity index (χ2n) is 9.85. The van der Waals surface area contributed by atoms with Gasteiger partial charge in [-0.3, -0.25) is 14.5 Å². The maximum absolute atomic E-state index is 13.9. The van der Waals surface area contributed by atoms with E-state index in [4.69, 9.17) is 4.74 Å². The molecule has 3 aromatic rings. The first-order valence-corrected chi connectivity index (χ1v) is 12.9.